The van der Waals surface area contributed by atoms with Crippen molar-refractivity contribution in [3.63, 3.8) is 0 Å². The van der Waals surface area contributed by atoms with Crippen LogP contribution in [0.2, 0.25) is 0 Å². The van der Waals surface area contributed by atoms with Crippen molar-refractivity contribution in [3.05, 3.63) is 46.8 Å². The van der Waals surface area contributed by atoms with Crippen molar-refractivity contribution in [2.24, 2.45) is 5.92 Å². The normalized spacial score (nSPS) is 17.7. The van der Waals surface area contributed by atoms with Crippen LogP contribution in [0, 0.1) is 12.8 Å². The fourth-order valence-corrected chi connectivity index (χ4v) is 6.23. The van der Waals surface area contributed by atoms with Gasteiger partial charge in [-0.1, -0.05) is 0 Å². The van der Waals surface area contributed by atoms with Gasteiger partial charge in [0.05, 0.1) is 17.6 Å². The van der Waals surface area contributed by atoms with Gasteiger partial charge in [0.1, 0.15) is 4.21 Å². The molecule has 1 aliphatic rings. The van der Waals surface area contributed by atoms with Gasteiger partial charge in [-0.25, -0.2) is 13.2 Å². The predicted molar refractivity (Wildman–Crippen MR) is 116 cm³/mol. The molecule has 1 aromatic heterocycles. The number of rotatable bonds is 6. The number of hydrogen-bond donors (Lipinski definition) is 1. The molecule has 3 rings (SSSR count). The van der Waals surface area contributed by atoms with Crippen LogP contribution in [0.3, 0.4) is 0 Å². The van der Waals surface area contributed by atoms with Gasteiger partial charge >= 0.3 is 5.97 Å². The van der Waals surface area contributed by atoms with E-state index in [0.29, 0.717) is 34.8 Å². The number of hydrogen-bond acceptors (Lipinski definition) is 6. The largest absolute Gasteiger partial charge is 0.459 e. The lowest BCUT2D eigenvalue weighted by atomic mass is 9.98. The van der Waals surface area contributed by atoms with Crippen LogP contribution in [0.1, 0.15) is 41.9 Å². The van der Waals surface area contributed by atoms with Gasteiger partial charge in [0.2, 0.25) is 5.91 Å². The Labute approximate surface area is 181 Å². The van der Waals surface area contributed by atoms with Crippen molar-refractivity contribution in [2.75, 3.05) is 18.4 Å². The van der Waals surface area contributed by atoms with Crippen molar-refractivity contribution in [1.82, 2.24) is 4.31 Å². The van der Waals surface area contributed by atoms with Gasteiger partial charge in [-0.3, -0.25) is 4.79 Å². The summed E-state index contributed by atoms with van der Waals surface area (Å²) >= 11 is 1.24. The summed E-state index contributed by atoms with van der Waals surface area (Å²) < 4.78 is 32.6. The summed E-state index contributed by atoms with van der Waals surface area (Å²) in [5, 5.41) is 2.82. The lowest BCUT2D eigenvalue weighted by Crippen LogP contribution is -2.43. The molecule has 0 bridgehead atoms. The summed E-state index contributed by atoms with van der Waals surface area (Å²) in [4.78, 5) is 25.6. The van der Waals surface area contributed by atoms with E-state index in [1.54, 1.807) is 50.2 Å². The topological polar surface area (TPSA) is 92.8 Å². The van der Waals surface area contributed by atoms with Crippen molar-refractivity contribution in [1.29, 1.82) is 0 Å². The lowest BCUT2D eigenvalue weighted by molar-refractivity contribution is -0.120. The molecule has 1 fully saturated rings. The summed E-state index contributed by atoms with van der Waals surface area (Å²) in [7, 11) is -3.59. The number of carbonyl (C=O) groups excluding carboxylic acids is 2. The third kappa shape index (κ3) is 5.27. The molecule has 0 radical (unpaired) electrons. The number of esters is 1. The molecule has 0 saturated carbocycles. The highest BCUT2D eigenvalue weighted by atomic mass is 32.2. The first-order valence-electron chi connectivity index (χ1n) is 9.85. The van der Waals surface area contributed by atoms with Crippen LogP contribution in [0.15, 0.2) is 40.6 Å². The number of aryl methyl sites for hydroxylation is 1. The molecule has 1 unspecified atom stereocenters. The van der Waals surface area contributed by atoms with E-state index in [0.717, 1.165) is 4.88 Å². The lowest BCUT2D eigenvalue weighted by Gasteiger charge is -2.30. The van der Waals surface area contributed by atoms with E-state index in [9.17, 15) is 18.0 Å². The molecule has 2 heterocycles. The minimum Gasteiger partial charge on any atom is -0.459 e. The minimum atomic E-state index is -3.59. The number of carbonyl (C=O) groups is 2. The molecule has 1 amide bonds. The number of benzene rings is 1. The maximum atomic E-state index is 12.9. The number of nitrogens with zero attached hydrogens (tertiary/aromatic N) is 1. The minimum absolute atomic E-state index is 0.157. The SMILES string of the molecule is Cc1ccc(S(=O)(=O)N2CCCC(C(=O)Nc3ccc(C(=O)OC(C)C)cc3)C2)s1. The third-order valence-electron chi connectivity index (χ3n) is 4.80. The van der Waals surface area contributed by atoms with Gasteiger partial charge in [-0.2, -0.15) is 4.31 Å². The molecule has 30 heavy (non-hydrogen) atoms. The highest BCUT2D eigenvalue weighted by Crippen LogP contribution is 2.28. The Kier molecular flexibility index (Phi) is 6.95. The Morgan fingerprint density at radius 3 is 2.47 bits per heavy atom. The number of amides is 1. The Bertz CT molecular complexity index is 1010. The van der Waals surface area contributed by atoms with Gasteiger partial charge in [0.25, 0.3) is 10.0 Å². The number of thiophene rings is 1. The zero-order valence-electron chi connectivity index (χ0n) is 17.3. The summed E-state index contributed by atoms with van der Waals surface area (Å²) in [6, 6.07) is 9.87. The summed E-state index contributed by atoms with van der Waals surface area (Å²) in [6.45, 7) is 5.99. The number of anilines is 1. The summed E-state index contributed by atoms with van der Waals surface area (Å²) in [5.41, 5.74) is 0.956. The van der Waals surface area contributed by atoms with Crippen LogP contribution in [-0.4, -0.2) is 43.8 Å². The smallest absolute Gasteiger partial charge is 0.338 e. The Hall–Kier alpha value is -2.23. The van der Waals surface area contributed by atoms with Crippen LogP contribution < -0.4 is 5.32 Å². The highest BCUT2D eigenvalue weighted by molar-refractivity contribution is 7.91. The zero-order valence-corrected chi connectivity index (χ0v) is 18.9. The molecule has 0 aliphatic carbocycles. The molecular formula is C21H26N2O5S2. The molecular weight excluding hydrogens is 424 g/mol. The number of sulfonamides is 1. The van der Waals surface area contributed by atoms with Crippen molar-refractivity contribution in [2.45, 2.75) is 43.9 Å². The van der Waals surface area contributed by atoms with Crippen LogP contribution in [0.25, 0.3) is 0 Å². The molecule has 9 heteroatoms. The predicted octanol–water partition coefficient (Wildman–Crippen LogP) is 3.66. The monoisotopic (exact) mass is 450 g/mol. The van der Waals surface area contributed by atoms with E-state index < -0.39 is 21.9 Å². The van der Waals surface area contributed by atoms with Crippen LogP contribution in [0.4, 0.5) is 5.69 Å². The van der Waals surface area contributed by atoms with Crippen LogP contribution in [-0.2, 0) is 19.6 Å². The number of ether oxygens (including phenoxy) is 1. The van der Waals surface area contributed by atoms with Crippen molar-refractivity contribution in [3.8, 4) is 0 Å². The second-order valence-corrected chi connectivity index (χ2v) is 11.0. The molecule has 7 nitrogen and oxygen atoms in total. The Morgan fingerprint density at radius 1 is 1.17 bits per heavy atom. The van der Waals surface area contributed by atoms with Gasteiger partial charge in [-0.05, 0) is 70.0 Å². The van der Waals surface area contributed by atoms with Crippen molar-refractivity contribution < 1.29 is 22.7 Å². The molecule has 1 aromatic carbocycles. The summed E-state index contributed by atoms with van der Waals surface area (Å²) in [6.07, 6.45) is 1.04. The van der Waals surface area contributed by atoms with Gasteiger partial charge in [0.15, 0.2) is 0 Å². The zero-order chi connectivity index (χ0) is 21.9. The van der Waals surface area contributed by atoms with Gasteiger partial charge in [0, 0.05) is 23.7 Å². The molecule has 1 saturated heterocycles. The van der Waals surface area contributed by atoms with Gasteiger partial charge < -0.3 is 10.1 Å². The van der Waals surface area contributed by atoms with E-state index in [1.165, 1.54) is 15.6 Å². The molecule has 0 spiro atoms. The highest BCUT2D eigenvalue weighted by Gasteiger charge is 2.34. The standard InChI is InChI=1S/C21H26N2O5S2/c1-14(2)28-21(25)16-7-9-18(10-8-16)22-20(24)17-5-4-12-23(13-17)30(26,27)19-11-6-15(3)29-19/h6-11,14,17H,4-5,12-13H2,1-3H3,(H,22,24). The van der Waals surface area contributed by atoms with E-state index >= 15 is 0 Å². The van der Waals surface area contributed by atoms with Crippen molar-refractivity contribution >= 4 is 38.9 Å². The number of piperidine rings is 1. The average molecular weight is 451 g/mol. The van der Waals surface area contributed by atoms with E-state index in [4.69, 9.17) is 4.74 Å². The quantitative estimate of drug-likeness (QED) is 0.678. The second kappa shape index (κ2) is 9.28. The molecule has 2 aromatic rings. The second-order valence-electron chi connectivity index (χ2n) is 7.59. The molecule has 1 aliphatic heterocycles. The Balaban J connectivity index is 1.63. The van der Waals surface area contributed by atoms with Crippen LogP contribution in [0.5, 0.6) is 0 Å². The first kappa shape index (κ1) is 22.5. The molecule has 1 atom stereocenters. The van der Waals surface area contributed by atoms with E-state index in [1.807, 2.05) is 6.92 Å². The fourth-order valence-electron chi connectivity index (χ4n) is 3.27. The average Bonchev–Trinajstić information content (AvgIpc) is 3.15. The first-order valence-corrected chi connectivity index (χ1v) is 12.1. The van der Waals surface area contributed by atoms with E-state index in [-0.39, 0.29) is 18.6 Å². The molecule has 1 N–H and O–H groups in total. The maximum Gasteiger partial charge on any atom is 0.338 e. The Morgan fingerprint density at radius 2 is 1.87 bits per heavy atom. The third-order valence-corrected chi connectivity index (χ3v) is 8.13. The fraction of sp³-hybridized carbons (Fsp3) is 0.429. The van der Waals surface area contributed by atoms with Crippen LogP contribution >= 0.6 is 11.3 Å². The maximum absolute atomic E-state index is 12.9. The first-order chi connectivity index (χ1) is 14.2. The van der Waals surface area contributed by atoms with E-state index in [2.05, 4.69) is 5.32 Å². The summed E-state index contributed by atoms with van der Waals surface area (Å²) in [5.74, 6) is -1.07. The molecule has 162 valence electrons. The van der Waals surface area contributed by atoms with Gasteiger partial charge in [-0.15, -0.1) is 11.3 Å². The number of nitrogens with one attached hydrogen (secondary N) is 1.